The molecule has 1 unspecified atom stereocenters. The molecule has 0 saturated carbocycles. The van der Waals surface area contributed by atoms with Gasteiger partial charge in [-0.1, -0.05) is 42.5 Å². The molecule has 0 spiro atoms. The van der Waals surface area contributed by atoms with Gasteiger partial charge in [-0.05, 0) is 52.4 Å². The van der Waals surface area contributed by atoms with Crippen molar-refractivity contribution < 1.29 is 14.7 Å². The van der Waals surface area contributed by atoms with Crippen LogP contribution in [0, 0.1) is 0 Å². The van der Waals surface area contributed by atoms with E-state index in [0.29, 0.717) is 22.4 Å². The van der Waals surface area contributed by atoms with E-state index in [1.807, 2.05) is 48.4 Å². The molecule has 0 heterocycles. The number of benzene rings is 3. The van der Waals surface area contributed by atoms with Crippen molar-refractivity contribution >= 4 is 50.9 Å². The van der Waals surface area contributed by atoms with Gasteiger partial charge in [0.2, 0.25) is 0 Å². The number of rotatable bonds is 3. The summed E-state index contributed by atoms with van der Waals surface area (Å²) < 4.78 is 0. The Bertz CT molecular complexity index is 1150. The summed E-state index contributed by atoms with van der Waals surface area (Å²) in [6, 6.07) is 18.4. The normalized spacial score (nSPS) is 15.7. The van der Waals surface area contributed by atoms with Crippen LogP contribution >= 0.6 is 11.6 Å². The first-order valence-electron chi connectivity index (χ1n) is 8.32. The number of carbonyl (C=O) groups excluding carboxylic acids is 2. The van der Waals surface area contributed by atoms with Gasteiger partial charge in [0, 0.05) is 16.6 Å². The highest BCUT2D eigenvalue weighted by atomic mass is 35.5. The fourth-order valence-electron chi connectivity index (χ4n) is 3.30. The molecule has 3 aromatic rings. The number of halogens is 1. The smallest absolute Gasteiger partial charge is 0.252 e. The van der Waals surface area contributed by atoms with Gasteiger partial charge in [0.25, 0.3) is 5.24 Å². The maximum absolute atomic E-state index is 11.5. The standard InChI is InChI=1S/C22H14ClNO3/c23-22(27)14-8-9-16-15(10-14)11-20(21(26)18(16)12-25)24-19-7-3-5-13-4-1-2-6-17(13)19/h1-11,21,24,26H. The first-order valence-corrected chi connectivity index (χ1v) is 8.70. The van der Waals surface area contributed by atoms with Gasteiger partial charge in [-0.25, -0.2) is 4.79 Å². The maximum Gasteiger partial charge on any atom is 0.252 e. The molecule has 0 saturated heterocycles. The lowest BCUT2D eigenvalue weighted by Crippen LogP contribution is -2.23. The summed E-state index contributed by atoms with van der Waals surface area (Å²) in [7, 11) is 0. The topological polar surface area (TPSA) is 66.4 Å². The number of aliphatic hydroxyl groups is 1. The van der Waals surface area contributed by atoms with Crippen molar-refractivity contribution in [3.8, 4) is 0 Å². The molecule has 0 aromatic heterocycles. The van der Waals surface area contributed by atoms with Crippen molar-refractivity contribution in [2.45, 2.75) is 6.10 Å². The molecule has 1 atom stereocenters. The van der Waals surface area contributed by atoms with E-state index >= 15 is 0 Å². The molecular formula is C22H14ClNO3. The molecule has 0 fully saturated rings. The number of nitrogens with one attached hydrogen (secondary N) is 1. The van der Waals surface area contributed by atoms with E-state index in [-0.39, 0.29) is 5.57 Å². The van der Waals surface area contributed by atoms with Gasteiger partial charge >= 0.3 is 0 Å². The summed E-state index contributed by atoms with van der Waals surface area (Å²) in [6.07, 6.45) is 0.567. The Morgan fingerprint density at radius 2 is 1.85 bits per heavy atom. The lowest BCUT2D eigenvalue weighted by molar-refractivity contribution is 0.108. The molecule has 1 aliphatic carbocycles. The van der Waals surface area contributed by atoms with E-state index in [4.69, 9.17) is 11.6 Å². The van der Waals surface area contributed by atoms with Crippen LogP contribution in [0.3, 0.4) is 0 Å². The Labute approximate surface area is 160 Å². The zero-order chi connectivity index (χ0) is 19.0. The van der Waals surface area contributed by atoms with Gasteiger partial charge in [0.15, 0.2) is 0 Å². The molecule has 0 amide bonds. The molecule has 3 aromatic carbocycles. The third-order valence-corrected chi connectivity index (χ3v) is 4.84. The SMILES string of the molecule is O=C=C1c2ccc(C(=O)Cl)cc2C=C(Nc2cccc3ccccc23)C1O. The summed E-state index contributed by atoms with van der Waals surface area (Å²) in [5.41, 5.74) is 2.81. The Hall–Kier alpha value is -3.17. The third-order valence-electron chi connectivity index (χ3n) is 4.63. The van der Waals surface area contributed by atoms with Crippen molar-refractivity contribution in [3.05, 3.63) is 83.1 Å². The van der Waals surface area contributed by atoms with Crippen molar-refractivity contribution in [1.29, 1.82) is 0 Å². The molecule has 2 N–H and O–H groups in total. The minimum absolute atomic E-state index is 0.115. The summed E-state index contributed by atoms with van der Waals surface area (Å²) in [6.45, 7) is 0. The van der Waals surface area contributed by atoms with Gasteiger partial charge < -0.3 is 10.4 Å². The number of hydrogen-bond acceptors (Lipinski definition) is 4. The summed E-state index contributed by atoms with van der Waals surface area (Å²) in [5, 5.41) is 15.3. The molecular weight excluding hydrogens is 362 g/mol. The molecule has 5 heteroatoms. The van der Waals surface area contributed by atoms with Crippen LogP contribution in [-0.4, -0.2) is 22.4 Å². The van der Waals surface area contributed by atoms with Crippen LogP contribution in [0.5, 0.6) is 0 Å². The molecule has 132 valence electrons. The van der Waals surface area contributed by atoms with E-state index in [0.717, 1.165) is 16.5 Å². The van der Waals surface area contributed by atoms with E-state index < -0.39 is 11.3 Å². The van der Waals surface area contributed by atoms with Crippen LogP contribution in [-0.2, 0) is 4.79 Å². The summed E-state index contributed by atoms with van der Waals surface area (Å²) in [5.74, 6) is 1.83. The van der Waals surface area contributed by atoms with Crippen molar-refractivity contribution in [1.82, 2.24) is 0 Å². The second kappa shape index (κ2) is 6.86. The van der Waals surface area contributed by atoms with Gasteiger partial charge in [-0.2, -0.15) is 0 Å². The lowest BCUT2D eigenvalue weighted by Gasteiger charge is -2.25. The highest BCUT2D eigenvalue weighted by molar-refractivity contribution is 6.67. The number of fused-ring (bicyclic) bond motifs is 2. The molecule has 1 aliphatic rings. The highest BCUT2D eigenvalue weighted by Crippen LogP contribution is 2.34. The predicted octanol–water partition coefficient (Wildman–Crippen LogP) is 4.26. The fraction of sp³-hybridized carbons (Fsp3) is 0.0455. The van der Waals surface area contributed by atoms with Gasteiger partial charge in [0.05, 0.1) is 11.3 Å². The zero-order valence-corrected chi connectivity index (χ0v) is 14.8. The predicted molar refractivity (Wildman–Crippen MR) is 107 cm³/mol. The average molecular weight is 376 g/mol. The second-order valence-corrected chi connectivity index (χ2v) is 6.59. The van der Waals surface area contributed by atoms with E-state index in [1.54, 1.807) is 18.2 Å². The second-order valence-electron chi connectivity index (χ2n) is 6.25. The molecule has 0 aliphatic heterocycles. The van der Waals surface area contributed by atoms with Crippen LogP contribution in [0.25, 0.3) is 22.4 Å². The molecule has 27 heavy (non-hydrogen) atoms. The monoisotopic (exact) mass is 375 g/mol. The molecule has 0 bridgehead atoms. The van der Waals surface area contributed by atoms with E-state index in [2.05, 4.69) is 5.32 Å². The molecule has 0 radical (unpaired) electrons. The largest absolute Gasteiger partial charge is 0.381 e. The molecule has 4 nitrogen and oxygen atoms in total. The quantitative estimate of drug-likeness (QED) is 0.530. The third kappa shape index (κ3) is 3.07. The van der Waals surface area contributed by atoms with Gasteiger partial charge in [-0.3, -0.25) is 4.79 Å². The van der Waals surface area contributed by atoms with Crippen LogP contribution in [0.4, 0.5) is 5.69 Å². The minimum atomic E-state index is -1.15. The first-order chi connectivity index (χ1) is 13.1. The summed E-state index contributed by atoms with van der Waals surface area (Å²) in [4.78, 5) is 23.0. The number of hydrogen-bond donors (Lipinski definition) is 2. The zero-order valence-electron chi connectivity index (χ0n) is 14.1. The Morgan fingerprint density at radius 3 is 2.63 bits per heavy atom. The Balaban J connectivity index is 1.83. The molecule has 4 rings (SSSR count). The van der Waals surface area contributed by atoms with Crippen molar-refractivity contribution in [2.24, 2.45) is 0 Å². The van der Waals surface area contributed by atoms with Crippen LogP contribution in [0.2, 0.25) is 0 Å². The highest BCUT2D eigenvalue weighted by Gasteiger charge is 2.27. The van der Waals surface area contributed by atoms with Crippen LogP contribution in [0.15, 0.2) is 66.4 Å². The van der Waals surface area contributed by atoms with Crippen LogP contribution < -0.4 is 5.32 Å². The maximum atomic E-state index is 11.5. The number of aliphatic hydroxyl groups excluding tert-OH is 1. The first kappa shape index (κ1) is 17.3. The van der Waals surface area contributed by atoms with Crippen molar-refractivity contribution in [2.75, 3.05) is 5.32 Å². The van der Waals surface area contributed by atoms with Crippen molar-refractivity contribution in [3.63, 3.8) is 0 Å². The van der Waals surface area contributed by atoms with Gasteiger partial charge in [-0.15, -0.1) is 0 Å². The van der Waals surface area contributed by atoms with Gasteiger partial charge in [0.1, 0.15) is 12.0 Å². The Kier molecular flexibility index (Phi) is 4.38. The number of carbonyl (C=O) groups is 1. The Morgan fingerprint density at radius 1 is 1.07 bits per heavy atom. The van der Waals surface area contributed by atoms with E-state index in [1.165, 1.54) is 6.07 Å². The number of anilines is 1. The fourth-order valence-corrected chi connectivity index (χ4v) is 3.42. The van der Waals surface area contributed by atoms with Crippen LogP contribution in [0.1, 0.15) is 21.5 Å². The summed E-state index contributed by atoms with van der Waals surface area (Å²) >= 11 is 5.57. The minimum Gasteiger partial charge on any atom is -0.381 e. The average Bonchev–Trinajstić information content (AvgIpc) is 2.68. The lowest BCUT2D eigenvalue weighted by atomic mass is 9.88. The van der Waals surface area contributed by atoms with E-state index in [9.17, 15) is 14.7 Å².